The van der Waals surface area contributed by atoms with Gasteiger partial charge in [-0.1, -0.05) is 44.7 Å². The molecule has 0 spiro atoms. The number of hydrogen-bond donors (Lipinski definition) is 0. The Balaban J connectivity index is 2.06. The van der Waals surface area contributed by atoms with Crippen molar-refractivity contribution in [3.05, 3.63) is 35.4 Å². The summed E-state index contributed by atoms with van der Waals surface area (Å²) in [5, 5.41) is 0. The summed E-state index contributed by atoms with van der Waals surface area (Å²) in [7, 11) is 1.67. The maximum atomic E-state index is 5.37. The van der Waals surface area contributed by atoms with Crippen LogP contribution in [0.2, 0.25) is 0 Å². The lowest BCUT2D eigenvalue weighted by Crippen LogP contribution is -2.36. The Kier molecular flexibility index (Phi) is 7.56. The highest BCUT2D eigenvalue weighted by Crippen LogP contribution is 2.60. The van der Waals surface area contributed by atoms with Gasteiger partial charge in [0.15, 0.2) is 0 Å². The molecule has 1 aromatic rings. The molecule has 132 valence electrons. The third kappa shape index (κ3) is 4.95. The van der Waals surface area contributed by atoms with Crippen molar-refractivity contribution in [2.24, 2.45) is 5.41 Å². The van der Waals surface area contributed by atoms with Crippen molar-refractivity contribution in [2.75, 3.05) is 38.4 Å². The summed E-state index contributed by atoms with van der Waals surface area (Å²) in [6, 6.07) is 8.79. The fourth-order valence-corrected chi connectivity index (χ4v) is 6.38. The van der Waals surface area contributed by atoms with Crippen LogP contribution in [-0.4, -0.2) is 38.4 Å². The van der Waals surface area contributed by atoms with Crippen LogP contribution in [-0.2, 0) is 13.6 Å². The molecule has 0 unspecified atom stereocenters. The summed E-state index contributed by atoms with van der Waals surface area (Å²) in [6.45, 7) is 8.70. The van der Waals surface area contributed by atoms with Crippen molar-refractivity contribution in [2.45, 2.75) is 31.3 Å². The van der Waals surface area contributed by atoms with E-state index in [1.807, 2.05) is 0 Å². The topological polar surface area (TPSA) is 18.5 Å². The molecule has 1 aliphatic heterocycles. The molecule has 1 fully saturated rings. The van der Waals surface area contributed by atoms with Gasteiger partial charge in [0.1, 0.15) is 6.61 Å². The fourth-order valence-electron chi connectivity index (χ4n) is 2.74. The zero-order valence-corrected chi connectivity index (χ0v) is 16.8. The van der Waals surface area contributed by atoms with Gasteiger partial charge in [0, 0.05) is 12.7 Å². The third-order valence-electron chi connectivity index (χ3n) is 3.99. The number of ether oxygens (including phenoxy) is 2. The molecule has 0 aliphatic carbocycles. The molecule has 1 aliphatic rings. The first-order chi connectivity index (χ1) is 11.5. The molecule has 0 amide bonds. The van der Waals surface area contributed by atoms with Gasteiger partial charge in [-0.05, 0) is 41.0 Å². The van der Waals surface area contributed by atoms with Crippen molar-refractivity contribution in [1.29, 1.82) is 0 Å². The molecule has 1 heterocycles. The maximum absolute atomic E-state index is 5.37. The normalized spacial score (nSPS) is 17.2. The Morgan fingerprint density at radius 3 is 2.33 bits per heavy atom. The van der Waals surface area contributed by atoms with E-state index in [0.717, 1.165) is 5.56 Å². The predicted octanol–water partition coefficient (Wildman–Crippen LogP) is 4.77. The zero-order valence-electron chi connectivity index (χ0n) is 15.2. The van der Waals surface area contributed by atoms with E-state index in [-0.39, 0.29) is 9.49 Å². The van der Waals surface area contributed by atoms with Gasteiger partial charge in [-0.25, -0.2) is 0 Å². The number of hydrogen-bond acceptors (Lipinski definition) is 4. The number of methoxy groups -OCH3 is 1. The molecule has 0 aromatic heterocycles. The Labute approximate surface area is 155 Å². The smallest absolute Gasteiger partial charge is 0.108 e. The molecule has 0 bridgehead atoms. The van der Waals surface area contributed by atoms with E-state index >= 15 is 0 Å². The van der Waals surface area contributed by atoms with Crippen LogP contribution in [0.25, 0.3) is 0 Å². The molecule has 0 atom stereocenters. The highest BCUT2D eigenvalue weighted by atomic mass is 32.2. The van der Waals surface area contributed by atoms with Gasteiger partial charge >= 0.3 is 0 Å². The SMILES string of the molecule is COCCOCC#Cc1ccc(C2(C(C)(C)C)SCCCS2)cc1. The largest absolute Gasteiger partial charge is 0.382 e. The molecular formula is C20H28O2S2. The summed E-state index contributed by atoms with van der Waals surface area (Å²) in [6.07, 6.45) is 1.31. The first kappa shape index (κ1) is 19.7. The molecule has 2 nitrogen and oxygen atoms in total. The van der Waals surface area contributed by atoms with Gasteiger partial charge in [-0.15, -0.1) is 23.5 Å². The lowest BCUT2D eigenvalue weighted by Gasteiger charge is -2.46. The van der Waals surface area contributed by atoms with Gasteiger partial charge in [0.05, 0.1) is 17.3 Å². The van der Waals surface area contributed by atoms with E-state index < -0.39 is 0 Å². The Hall–Kier alpha value is -0.600. The van der Waals surface area contributed by atoms with Crippen molar-refractivity contribution >= 4 is 23.5 Å². The van der Waals surface area contributed by atoms with E-state index in [2.05, 4.69) is 80.4 Å². The van der Waals surface area contributed by atoms with E-state index in [4.69, 9.17) is 9.47 Å². The minimum absolute atomic E-state index is 0.139. The van der Waals surface area contributed by atoms with Crippen LogP contribution in [0.1, 0.15) is 38.3 Å². The van der Waals surface area contributed by atoms with Crippen molar-refractivity contribution < 1.29 is 9.47 Å². The minimum Gasteiger partial charge on any atom is -0.382 e. The summed E-state index contributed by atoms with van der Waals surface area (Å²) >= 11 is 4.20. The van der Waals surface area contributed by atoms with Gasteiger partial charge in [-0.2, -0.15) is 0 Å². The zero-order chi connectivity index (χ0) is 17.5. The second-order valence-corrected chi connectivity index (χ2v) is 9.72. The first-order valence-electron chi connectivity index (χ1n) is 8.43. The van der Waals surface area contributed by atoms with Crippen LogP contribution >= 0.6 is 23.5 Å². The van der Waals surface area contributed by atoms with Crippen LogP contribution in [0.5, 0.6) is 0 Å². The second-order valence-electron chi connectivity index (χ2n) is 6.84. The molecule has 1 saturated heterocycles. The number of thioether (sulfide) groups is 2. The highest BCUT2D eigenvalue weighted by molar-refractivity contribution is 8.18. The minimum atomic E-state index is 0.139. The highest BCUT2D eigenvalue weighted by Gasteiger charge is 2.45. The summed E-state index contributed by atoms with van der Waals surface area (Å²) in [5.41, 5.74) is 2.67. The molecule has 24 heavy (non-hydrogen) atoms. The Morgan fingerprint density at radius 2 is 1.75 bits per heavy atom. The van der Waals surface area contributed by atoms with E-state index in [1.54, 1.807) is 7.11 Å². The summed E-state index contributed by atoms with van der Waals surface area (Å²) in [5.74, 6) is 8.72. The lowest BCUT2D eigenvalue weighted by atomic mass is 9.86. The van der Waals surface area contributed by atoms with E-state index in [9.17, 15) is 0 Å². The number of rotatable bonds is 5. The Bertz CT molecular complexity index is 558. The monoisotopic (exact) mass is 364 g/mol. The van der Waals surface area contributed by atoms with E-state index in [1.165, 1.54) is 23.5 Å². The third-order valence-corrected chi connectivity index (χ3v) is 8.19. The molecule has 0 radical (unpaired) electrons. The standard InChI is InChI=1S/C20H28O2S2/c1-19(2,3)20(23-15-6-16-24-20)18-10-8-17(9-11-18)7-5-12-22-14-13-21-4/h8-11H,6,12-16H2,1-4H3. The van der Waals surface area contributed by atoms with Crippen LogP contribution in [0.3, 0.4) is 0 Å². The fraction of sp³-hybridized carbons (Fsp3) is 0.600. The summed E-state index contributed by atoms with van der Waals surface area (Å²) in [4.78, 5) is 0. The van der Waals surface area contributed by atoms with Crippen LogP contribution < -0.4 is 0 Å². The van der Waals surface area contributed by atoms with Crippen molar-refractivity contribution in [1.82, 2.24) is 0 Å². The van der Waals surface area contributed by atoms with Crippen molar-refractivity contribution in [3.8, 4) is 11.8 Å². The van der Waals surface area contributed by atoms with Crippen LogP contribution in [0.4, 0.5) is 0 Å². The van der Waals surface area contributed by atoms with Crippen LogP contribution in [0, 0.1) is 17.3 Å². The van der Waals surface area contributed by atoms with Gasteiger partial charge in [-0.3, -0.25) is 0 Å². The molecular weight excluding hydrogens is 336 g/mol. The predicted molar refractivity (Wildman–Crippen MR) is 107 cm³/mol. The molecule has 0 saturated carbocycles. The maximum Gasteiger partial charge on any atom is 0.108 e. The second kappa shape index (κ2) is 9.20. The Morgan fingerprint density at radius 1 is 1.08 bits per heavy atom. The summed E-state index contributed by atoms with van der Waals surface area (Å²) < 4.78 is 10.4. The lowest BCUT2D eigenvalue weighted by molar-refractivity contribution is 0.0877. The molecule has 1 aromatic carbocycles. The van der Waals surface area contributed by atoms with Crippen LogP contribution in [0.15, 0.2) is 24.3 Å². The van der Waals surface area contributed by atoms with Gasteiger partial charge in [0.25, 0.3) is 0 Å². The quantitative estimate of drug-likeness (QED) is 0.553. The van der Waals surface area contributed by atoms with Crippen molar-refractivity contribution in [3.63, 3.8) is 0 Å². The average molecular weight is 365 g/mol. The van der Waals surface area contributed by atoms with Gasteiger partial charge in [0.2, 0.25) is 0 Å². The van der Waals surface area contributed by atoms with Gasteiger partial charge < -0.3 is 9.47 Å². The number of benzene rings is 1. The first-order valence-corrected chi connectivity index (χ1v) is 10.4. The molecule has 4 heteroatoms. The molecule has 0 N–H and O–H groups in total. The average Bonchev–Trinajstić information content (AvgIpc) is 2.58. The molecule has 2 rings (SSSR count). The van der Waals surface area contributed by atoms with E-state index in [0.29, 0.717) is 19.8 Å².